The zero-order valence-corrected chi connectivity index (χ0v) is 18.8. The number of carbonyl (C=O) groups is 1. The largest absolute Gasteiger partial charge is 0.367 e. The molecule has 1 saturated heterocycles. The van der Waals surface area contributed by atoms with Crippen LogP contribution in [0, 0.1) is 17.1 Å². The topological polar surface area (TPSA) is 78.1 Å². The first-order valence-corrected chi connectivity index (χ1v) is 11.3. The molecule has 2 fully saturated rings. The lowest BCUT2D eigenvalue weighted by atomic mass is 10.1. The third-order valence-electron chi connectivity index (χ3n) is 5.95. The predicted molar refractivity (Wildman–Crippen MR) is 120 cm³/mol. The lowest BCUT2D eigenvalue weighted by molar-refractivity contribution is 0.0739. The van der Waals surface area contributed by atoms with E-state index in [9.17, 15) is 14.4 Å². The first-order valence-electron chi connectivity index (χ1n) is 10.5. The maximum Gasteiger partial charge on any atom is 0.276 e. The van der Waals surface area contributed by atoms with Crippen LogP contribution in [0.1, 0.15) is 40.5 Å². The standard InChI is InChI=1S/C23H20BrFN6O/c24-16-6-8-17(9-7-16)31-22(15-4-5-15)21(27-28-31)23(32)30-12-10-29(11-13-30)20-3-1-2-19(25)18(20)14-26/h1-3,6-9,15H,4-5,10-13H2. The third-order valence-corrected chi connectivity index (χ3v) is 6.48. The monoisotopic (exact) mass is 494 g/mol. The molecule has 9 heteroatoms. The summed E-state index contributed by atoms with van der Waals surface area (Å²) in [5, 5.41) is 17.9. The number of benzene rings is 2. The van der Waals surface area contributed by atoms with Gasteiger partial charge in [0.1, 0.15) is 17.4 Å². The molecule has 2 aliphatic rings. The van der Waals surface area contributed by atoms with Crippen molar-refractivity contribution in [1.29, 1.82) is 5.26 Å². The van der Waals surface area contributed by atoms with Crippen LogP contribution in [-0.4, -0.2) is 52.0 Å². The fraction of sp³-hybridized carbons (Fsp3) is 0.304. The Labute approximate surface area is 193 Å². The van der Waals surface area contributed by atoms with E-state index in [0.29, 0.717) is 43.5 Å². The molecule has 0 spiro atoms. The van der Waals surface area contributed by atoms with Crippen LogP contribution in [-0.2, 0) is 0 Å². The summed E-state index contributed by atoms with van der Waals surface area (Å²) in [7, 11) is 0. The molecule has 1 aliphatic heterocycles. The Kier molecular flexibility index (Phi) is 5.39. The predicted octanol–water partition coefficient (Wildman–Crippen LogP) is 3.88. The minimum Gasteiger partial charge on any atom is -0.367 e. The van der Waals surface area contributed by atoms with E-state index in [0.717, 1.165) is 28.7 Å². The van der Waals surface area contributed by atoms with E-state index in [1.165, 1.54) is 6.07 Å². The number of amides is 1. The molecule has 162 valence electrons. The second-order valence-corrected chi connectivity index (χ2v) is 8.93. The van der Waals surface area contributed by atoms with Crippen LogP contribution >= 0.6 is 15.9 Å². The molecular formula is C23H20BrFN6O. The van der Waals surface area contributed by atoms with Crippen LogP contribution in [0.2, 0.25) is 0 Å². The molecule has 0 unspecified atom stereocenters. The lowest BCUT2D eigenvalue weighted by Gasteiger charge is -2.36. The molecule has 0 radical (unpaired) electrons. The summed E-state index contributed by atoms with van der Waals surface area (Å²) in [6.45, 7) is 1.97. The maximum atomic E-state index is 14.0. The summed E-state index contributed by atoms with van der Waals surface area (Å²) in [6.07, 6.45) is 2.04. The number of hydrogen-bond donors (Lipinski definition) is 0. The number of rotatable bonds is 4. The highest BCUT2D eigenvalue weighted by atomic mass is 79.9. The summed E-state index contributed by atoms with van der Waals surface area (Å²) in [5.41, 5.74) is 2.77. The lowest BCUT2D eigenvalue weighted by Crippen LogP contribution is -2.49. The summed E-state index contributed by atoms with van der Waals surface area (Å²) in [4.78, 5) is 17.1. The first-order chi connectivity index (χ1) is 15.6. The van der Waals surface area contributed by atoms with Crippen LogP contribution in [0.5, 0.6) is 0 Å². The number of nitrogens with zero attached hydrogens (tertiary/aromatic N) is 6. The van der Waals surface area contributed by atoms with Crippen molar-refractivity contribution >= 4 is 27.5 Å². The fourth-order valence-corrected chi connectivity index (χ4v) is 4.39. The molecule has 5 rings (SSSR count). The Morgan fingerprint density at radius 1 is 1.09 bits per heavy atom. The van der Waals surface area contributed by atoms with Gasteiger partial charge < -0.3 is 9.80 Å². The number of piperazine rings is 1. The molecule has 1 amide bonds. The van der Waals surface area contributed by atoms with E-state index in [1.807, 2.05) is 35.2 Å². The molecule has 0 atom stereocenters. The van der Waals surface area contributed by atoms with Gasteiger partial charge in [-0.3, -0.25) is 4.79 Å². The van der Waals surface area contributed by atoms with E-state index in [2.05, 4.69) is 26.2 Å². The van der Waals surface area contributed by atoms with Gasteiger partial charge in [-0.1, -0.05) is 27.2 Å². The van der Waals surface area contributed by atoms with Crippen molar-refractivity contribution in [1.82, 2.24) is 19.9 Å². The summed E-state index contributed by atoms with van der Waals surface area (Å²) < 4.78 is 16.7. The van der Waals surface area contributed by atoms with Crippen LogP contribution < -0.4 is 4.90 Å². The van der Waals surface area contributed by atoms with E-state index in [4.69, 9.17) is 0 Å². The van der Waals surface area contributed by atoms with Crippen LogP contribution in [0.4, 0.5) is 10.1 Å². The van der Waals surface area contributed by atoms with Crippen molar-refractivity contribution in [2.75, 3.05) is 31.1 Å². The van der Waals surface area contributed by atoms with Crippen LogP contribution in [0.15, 0.2) is 46.9 Å². The van der Waals surface area contributed by atoms with E-state index in [-0.39, 0.29) is 11.5 Å². The van der Waals surface area contributed by atoms with Crippen LogP contribution in [0.25, 0.3) is 5.69 Å². The quantitative estimate of drug-likeness (QED) is 0.549. The molecule has 32 heavy (non-hydrogen) atoms. The van der Waals surface area contributed by atoms with Gasteiger partial charge in [0.15, 0.2) is 5.69 Å². The Morgan fingerprint density at radius 3 is 2.47 bits per heavy atom. The number of halogens is 2. The Morgan fingerprint density at radius 2 is 1.81 bits per heavy atom. The van der Waals surface area contributed by atoms with Crippen LogP contribution in [0.3, 0.4) is 0 Å². The molecular weight excluding hydrogens is 475 g/mol. The van der Waals surface area contributed by atoms with Crippen molar-refractivity contribution < 1.29 is 9.18 Å². The van der Waals surface area contributed by atoms with Gasteiger partial charge in [-0.15, -0.1) is 5.10 Å². The van der Waals surface area contributed by atoms with Crippen molar-refractivity contribution in [2.45, 2.75) is 18.8 Å². The smallest absolute Gasteiger partial charge is 0.276 e. The second kappa shape index (κ2) is 8.36. The van der Waals surface area contributed by atoms with Gasteiger partial charge in [-0.05, 0) is 49.2 Å². The van der Waals surface area contributed by atoms with Crippen molar-refractivity contribution in [3.05, 3.63) is 69.7 Å². The molecule has 7 nitrogen and oxygen atoms in total. The van der Waals surface area contributed by atoms with E-state index >= 15 is 0 Å². The van der Waals surface area contributed by atoms with Crippen molar-refractivity contribution in [3.8, 4) is 11.8 Å². The average Bonchev–Trinajstić information content (AvgIpc) is 3.57. The second-order valence-electron chi connectivity index (χ2n) is 8.01. The van der Waals surface area contributed by atoms with Gasteiger partial charge in [-0.2, -0.15) is 5.26 Å². The van der Waals surface area contributed by atoms with E-state index < -0.39 is 5.82 Å². The molecule has 2 aromatic carbocycles. The number of nitriles is 1. The fourth-order valence-electron chi connectivity index (χ4n) is 4.12. The molecule has 3 aromatic rings. The number of aromatic nitrogens is 3. The Bertz CT molecular complexity index is 1210. The average molecular weight is 495 g/mol. The molecule has 0 N–H and O–H groups in total. The first kappa shape index (κ1) is 20.6. The normalized spacial score (nSPS) is 16.2. The van der Waals surface area contributed by atoms with E-state index in [1.54, 1.807) is 21.7 Å². The summed E-state index contributed by atoms with van der Waals surface area (Å²) in [5.74, 6) is -0.365. The maximum absolute atomic E-state index is 14.0. The minimum atomic E-state index is -0.526. The summed E-state index contributed by atoms with van der Waals surface area (Å²) >= 11 is 3.44. The number of hydrogen-bond acceptors (Lipinski definition) is 5. The van der Waals surface area contributed by atoms with Gasteiger partial charge in [0.2, 0.25) is 0 Å². The number of anilines is 1. The van der Waals surface area contributed by atoms with Gasteiger partial charge in [0, 0.05) is 36.6 Å². The summed E-state index contributed by atoms with van der Waals surface area (Å²) in [6, 6.07) is 14.4. The minimum absolute atomic E-state index is 0.0423. The highest BCUT2D eigenvalue weighted by Crippen LogP contribution is 2.42. The zero-order valence-electron chi connectivity index (χ0n) is 17.2. The van der Waals surface area contributed by atoms with Gasteiger partial charge >= 0.3 is 0 Å². The van der Waals surface area contributed by atoms with Gasteiger partial charge in [0.05, 0.1) is 17.1 Å². The SMILES string of the molecule is N#Cc1c(F)cccc1N1CCN(C(=O)c2nnn(-c3ccc(Br)cc3)c2C2CC2)CC1. The Balaban J connectivity index is 1.36. The third kappa shape index (κ3) is 3.75. The number of carbonyl (C=O) groups excluding carboxylic acids is 1. The molecule has 1 saturated carbocycles. The van der Waals surface area contributed by atoms with Gasteiger partial charge in [-0.25, -0.2) is 9.07 Å². The highest BCUT2D eigenvalue weighted by Gasteiger charge is 2.36. The molecule has 2 heterocycles. The van der Waals surface area contributed by atoms with Crippen molar-refractivity contribution in [3.63, 3.8) is 0 Å². The molecule has 1 aliphatic carbocycles. The molecule has 1 aromatic heterocycles. The van der Waals surface area contributed by atoms with Crippen molar-refractivity contribution in [2.24, 2.45) is 0 Å². The molecule has 0 bridgehead atoms. The van der Waals surface area contributed by atoms with Gasteiger partial charge in [0.25, 0.3) is 5.91 Å². The highest BCUT2D eigenvalue weighted by molar-refractivity contribution is 9.10. The Hall–Kier alpha value is -3.25. The zero-order chi connectivity index (χ0) is 22.2.